The molecule has 1 saturated heterocycles. The highest BCUT2D eigenvalue weighted by molar-refractivity contribution is 6.35. The van der Waals surface area contributed by atoms with Crippen molar-refractivity contribution in [3.8, 4) is 34.4 Å². The molecule has 5 rings (SSSR count). The first-order chi connectivity index (χ1) is 25.0. The van der Waals surface area contributed by atoms with Crippen molar-refractivity contribution in [3.63, 3.8) is 0 Å². The van der Waals surface area contributed by atoms with Crippen molar-refractivity contribution in [1.29, 1.82) is 5.26 Å². The summed E-state index contributed by atoms with van der Waals surface area (Å²) in [6, 6.07) is 19.7. The Hall–Kier alpha value is -4.17. The summed E-state index contributed by atoms with van der Waals surface area (Å²) in [5, 5.41) is 22.6. The highest BCUT2D eigenvalue weighted by atomic mass is 35.5. The van der Waals surface area contributed by atoms with Crippen molar-refractivity contribution < 1.29 is 24.1 Å². The van der Waals surface area contributed by atoms with Crippen LogP contribution in [-0.2, 0) is 24.6 Å². The van der Waals surface area contributed by atoms with E-state index in [1.807, 2.05) is 49.3 Å². The monoisotopic (exact) mass is 732 g/mol. The van der Waals surface area contributed by atoms with Crippen LogP contribution >= 0.6 is 23.2 Å². The molecule has 1 aliphatic heterocycles. The van der Waals surface area contributed by atoms with Crippen molar-refractivity contribution in [2.75, 3.05) is 39.4 Å². The van der Waals surface area contributed by atoms with Gasteiger partial charge in [0.05, 0.1) is 22.2 Å². The van der Waals surface area contributed by atoms with Crippen LogP contribution in [0.2, 0.25) is 10.0 Å². The molecule has 270 valence electrons. The summed E-state index contributed by atoms with van der Waals surface area (Å²) < 4.78 is 18.7. The maximum atomic E-state index is 9.30. The average Bonchev–Trinajstić information content (AvgIpc) is 3.16. The fraction of sp³-hybridized carbons (Fsp3) is 0.375. The number of aliphatic hydroxyl groups excluding tert-OH is 1. The number of aromatic nitrogens is 1. The topological polar surface area (TPSA) is 117 Å². The van der Waals surface area contributed by atoms with Gasteiger partial charge in [-0.05, 0) is 93.7 Å². The van der Waals surface area contributed by atoms with Gasteiger partial charge in [0, 0.05) is 48.3 Å². The van der Waals surface area contributed by atoms with E-state index in [9.17, 15) is 5.26 Å². The second kappa shape index (κ2) is 21.3. The molecule has 3 aromatic carbocycles. The molecule has 0 unspecified atom stereocenters. The standard InChI is InChI=1S/C39H44Cl2N4O4.CH2O/c1-28-31(9-5-10-33(28)34-11-6-12-36(39(34)41)47-18-8-14-43-13-7-17-46)27-49-38-21-37(48-26-30-19-29(22-42)23-44-24-30)32(20-35(38)40)25-45-15-3-2-4-16-45;1-2/h5-6,9-12,19-21,23-24,43,46H,2-4,7-8,13-18,25-27H2,1H3;1H2. The molecule has 0 spiro atoms. The van der Waals surface area contributed by atoms with E-state index in [-0.39, 0.29) is 13.2 Å². The zero-order chi connectivity index (χ0) is 36.4. The van der Waals surface area contributed by atoms with Gasteiger partial charge < -0.3 is 29.4 Å². The Morgan fingerprint density at radius 1 is 0.882 bits per heavy atom. The van der Waals surface area contributed by atoms with Gasteiger partial charge in [-0.25, -0.2) is 0 Å². The number of carbonyl (C=O) groups is 1. The predicted octanol–water partition coefficient (Wildman–Crippen LogP) is 7.94. The molecule has 4 aromatic rings. The van der Waals surface area contributed by atoms with Crippen LogP contribution < -0.4 is 19.5 Å². The summed E-state index contributed by atoms with van der Waals surface area (Å²) in [7, 11) is 0. The van der Waals surface area contributed by atoms with Crippen molar-refractivity contribution in [2.45, 2.75) is 58.8 Å². The number of carbonyl (C=O) groups excluding carboxylic acids is 1. The molecule has 0 atom stereocenters. The molecule has 0 amide bonds. The summed E-state index contributed by atoms with van der Waals surface area (Å²) in [4.78, 5) is 14.6. The third-order valence-corrected chi connectivity index (χ3v) is 9.31. The normalized spacial score (nSPS) is 12.8. The van der Waals surface area contributed by atoms with E-state index in [1.54, 1.807) is 12.3 Å². The first-order valence-corrected chi connectivity index (χ1v) is 18.0. The Bertz CT molecular complexity index is 1740. The lowest BCUT2D eigenvalue weighted by Gasteiger charge is -2.27. The third-order valence-electron chi connectivity index (χ3n) is 8.63. The molecule has 11 heteroatoms. The molecule has 9 nitrogen and oxygen atoms in total. The quantitative estimate of drug-likeness (QED) is 0.104. The number of piperidine rings is 1. The zero-order valence-electron chi connectivity index (χ0n) is 29.1. The Kier molecular flexibility index (Phi) is 16.5. The van der Waals surface area contributed by atoms with Crippen molar-refractivity contribution in [3.05, 3.63) is 105 Å². The number of aliphatic hydroxyl groups is 1. The van der Waals surface area contributed by atoms with Gasteiger partial charge in [-0.1, -0.05) is 60.0 Å². The average molecular weight is 734 g/mol. The van der Waals surface area contributed by atoms with Crippen LogP contribution in [0.25, 0.3) is 11.1 Å². The van der Waals surface area contributed by atoms with E-state index in [0.29, 0.717) is 46.1 Å². The number of nitriles is 1. The number of ether oxygens (including phenoxy) is 3. The van der Waals surface area contributed by atoms with Crippen LogP contribution in [0.1, 0.15) is 59.9 Å². The first kappa shape index (κ1) is 39.6. The Labute approximate surface area is 311 Å². The van der Waals surface area contributed by atoms with Crippen LogP contribution in [0.15, 0.2) is 67.0 Å². The summed E-state index contributed by atoms with van der Waals surface area (Å²) >= 11 is 13.7. The minimum Gasteiger partial charge on any atom is -0.492 e. The summed E-state index contributed by atoms with van der Waals surface area (Å²) in [6.45, 7) is 9.78. The van der Waals surface area contributed by atoms with E-state index in [2.05, 4.69) is 34.3 Å². The lowest BCUT2D eigenvalue weighted by Crippen LogP contribution is -2.29. The minimum absolute atomic E-state index is 0.189. The molecule has 2 N–H and O–H groups in total. The number of benzene rings is 3. The SMILES string of the molecule is C=O.Cc1c(COc2cc(OCc3cncc(C#N)c3)c(CN3CCCCC3)cc2Cl)cccc1-c1cccc(OCCCNCCCO)c1Cl. The van der Waals surface area contributed by atoms with Gasteiger partial charge in [-0.15, -0.1) is 0 Å². The predicted molar refractivity (Wildman–Crippen MR) is 202 cm³/mol. The van der Waals surface area contributed by atoms with Crippen LogP contribution in [0, 0.1) is 18.3 Å². The smallest absolute Gasteiger partial charge is 0.142 e. The van der Waals surface area contributed by atoms with Gasteiger partial charge in [0.1, 0.15) is 43.3 Å². The molecular weight excluding hydrogens is 687 g/mol. The summed E-state index contributed by atoms with van der Waals surface area (Å²) in [6.07, 6.45) is 8.45. The zero-order valence-corrected chi connectivity index (χ0v) is 30.6. The molecule has 0 aliphatic carbocycles. The number of nitrogens with zero attached hydrogens (tertiary/aromatic N) is 3. The fourth-order valence-corrected chi connectivity index (χ4v) is 6.44. The van der Waals surface area contributed by atoms with Gasteiger partial charge in [0.25, 0.3) is 0 Å². The van der Waals surface area contributed by atoms with E-state index in [4.69, 9.17) is 47.3 Å². The Morgan fingerprint density at radius 3 is 2.41 bits per heavy atom. The van der Waals surface area contributed by atoms with Gasteiger partial charge in [-0.3, -0.25) is 9.88 Å². The van der Waals surface area contributed by atoms with Gasteiger partial charge in [0.15, 0.2) is 0 Å². The van der Waals surface area contributed by atoms with E-state index < -0.39 is 0 Å². The molecule has 1 fully saturated rings. The molecule has 0 saturated carbocycles. The van der Waals surface area contributed by atoms with Crippen molar-refractivity contribution in [1.82, 2.24) is 15.2 Å². The highest BCUT2D eigenvalue weighted by Gasteiger charge is 2.18. The van der Waals surface area contributed by atoms with Gasteiger partial charge in [-0.2, -0.15) is 5.26 Å². The minimum atomic E-state index is 0.189. The lowest BCUT2D eigenvalue weighted by molar-refractivity contribution is -0.0980. The van der Waals surface area contributed by atoms with E-state index in [1.165, 1.54) is 25.5 Å². The highest BCUT2D eigenvalue weighted by Crippen LogP contribution is 2.39. The molecule has 0 bridgehead atoms. The van der Waals surface area contributed by atoms with Crippen molar-refractivity contribution >= 4 is 30.0 Å². The lowest BCUT2D eigenvalue weighted by atomic mass is 9.96. The Balaban J connectivity index is 0.00000286. The number of likely N-dealkylation sites (tertiary alicyclic amines) is 1. The maximum absolute atomic E-state index is 9.30. The molecule has 0 radical (unpaired) electrons. The van der Waals surface area contributed by atoms with Crippen LogP contribution in [0.5, 0.6) is 17.2 Å². The molecule has 1 aliphatic rings. The van der Waals surface area contributed by atoms with E-state index in [0.717, 1.165) is 78.9 Å². The van der Waals surface area contributed by atoms with Gasteiger partial charge >= 0.3 is 0 Å². The van der Waals surface area contributed by atoms with Crippen LogP contribution in [0.3, 0.4) is 0 Å². The third kappa shape index (κ3) is 11.7. The van der Waals surface area contributed by atoms with Gasteiger partial charge in [0.2, 0.25) is 0 Å². The summed E-state index contributed by atoms with van der Waals surface area (Å²) in [5.74, 6) is 1.88. The van der Waals surface area contributed by atoms with Crippen LogP contribution in [-0.4, -0.2) is 61.2 Å². The second-order valence-corrected chi connectivity index (χ2v) is 13.0. The first-order valence-electron chi connectivity index (χ1n) is 17.2. The number of hydrogen-bond donors (Lipinski definition) is 2. The molecular formula is C40H46Cl2N4O5. The second-order valence-electron chi connectivity index (χ2n) is 12.2. The van der Waals surface area contributed by atoms with E-state index >= 15 is 0 Å². The Morgan fingerprint density at radius 2 is 1.63 bits per heavy atom. The molecule has 1 aromatic heterocycles. The number of halogens is 2. The fourth-order valence-electron chi connectivity index (χ4n) is 5.92. The largest absolute Gasteiger partial charge is 0.492 e. The number of rotatable bonds is 17. The summed E-state index contributed by atoms with van der Waals surface area (Å²) in [5.41, 5.74) is 6.25. The number of pyridine rings is 1. The number of nitrogens with one attached hydrogen (secondary N) is 1. The van der Waals surface area contributed by atoms with Crippen molar-refractivity contribution in [2.24, 2.45) is 0 Å². The number of hydrogen-bond acceptors (Lipinski definition) is 9. The maximum Gasteiger partial charge on any atom is 0.142 e. The van der Waals surface area contributed by atoms with Crippen LogP contribution in [0.4, 0.5) is 0 Å². The molecule has 2 heterocycles. The molecule has 51 heavy (non-hydrogen) atoms.